The van der Waals surface area contributed by atoms with Crippen molar-refractivity contribution in [3.05, 3.63) is 11.7 Å². The first-order chi connectivity index (χ1) is 7.00. The highest BCUT2D eigenvalue weighted by molar-refractivity contribution is 4.91. The molecule has 1 heterocycles. The van der Waals surface area contributed by atoms with Crippen LogP contribution < -0.4 is 0 Å². The fourth-order valence-corrected chi connectivity index (χ4v) is 1.27. The van der Waals surface area contributed by atoms with Gasteiger partial charge < -0.3 is 9.63 Å². The number of aliphatic hydroxyl groups is 1. The topological polar surface area (TPSA) is 62.4 Å². The molecule has 0 bridgehead atoms. The minimum absolute atomic E-state index is 0.112. The first-order valence-corrected chi connectivity index (χ1v) is 5.19. The predicted molar refractivity (Wildman–Crippen MR) is 56.4 cm³/mol. The maximum Gasteiger partial charge on any atom is 0.223 e. The van der Waals surface area contributed by atoms with Crippen molar-refractivity contribution in [2.24, 2.45) is 0 Å². The van der Waals surface area contributed by atoms with E-state index in [4.69, 9.17) is 4.52 Å². The Bertz CT molecular complexity index is 299. The minimum Gasteiger partial charge on any atom is -0.393 e. The van der Waals surface area contributed by atoms with E-state index < -0.39 is 0 Å². The highest BCUT2D eigenvalue weighted by Gasteiger charge is 2.16. The summed E-state index contributed by atoms with van der Waals surface area (Å²) in [6, 6.07) is 0.112. The first-order valence-electron chi connectivity index (χ1n) is 5.19. The van der Waals surface area contributed by atoms with Crippen LogP contribution in [-0.2, 0) is 0 Å². The smallest absolute Gasteiger partial charge is 0.223 e. The lowest BCUT2D eigenvalue weighted by Crippen LogP contribution is -2.26. The van der Waals surface area contributed by atoms with Gasteiger partial charge in [0.1, 0.15) is 0 Å². The van der Waals surface area contributed by atoms with Crippen molar-refractivity contribution >= 4 is 0 Å². The second-order valence-corrected chi connectivity index (χ2v) is 3.97. The van der Waals surface area contributed by atoms with Crippen LogP contribution in [0.15, 0.2) is 4.52 Å². The van der Waals surface area contributed by atoms with E-state index in [2.05, 4.69) is 15.0 Å². The van der Waals surface area contributed by atoms with Gasteiger partial charge in [-0.15, -0.1) is 0 Å². The highest BCUT2D eigenvalue weighted by Crippen LogP contribution is 2.15. The third-order valence-corrected chi connectivity index (χ3v) is 2.48. The molecule has 0 saturated carbocycles. The summed E-state index contributed by atoms with van der Waals surface area (Å²) in [5.74, 6) is 1.28. The van der Waals surface area contributed by atoms with Crippen LogP contribution in [-0.4, -0.2) is 39.8 Å². The van der Waals surface area contributed by atoms with E-state index in [9.17, 15) is 5.11 Å². The van der Waals surface area contributed by atoms with E-state index in [1.54, 1.807) is 13.8 Å². The van der Waals surface area contributed by atoms with Crippen molar-refractivity contribution in [1.29, 1.82) is 0 Å². The third-order valence-electron chi connectivity index (χ3n) is 2.48. The molecule has 0 aliphatic rings. The van der Waals surface area contributed by atoms with E-state index >= 15 is 0 Å². The van der Waals surface area contributed by atoms with Crippen molar-refractivity contribution < 1.29 is 9.63 Å². The number of nitrogens with zero attached hydrogens (tertiary/aromatic N) is 3. The molecule has 1 rings (SSSR count). The molecule has 0 spiro atoms. The molecule has 1 aromatic rings. The molecule has 5 nitrogen and oxygen atoms in total. The predicted octanol–water partition coefficient (Wildman–Crippen LogP) is 1.14. The zero-order chi connectivity index (χ0) is 11.4. The molecule has 15 heavy (non-hydrogen) atoms. The van der Waals surface area contributed by atoms with Crippen LogP contribution in [0, 0.1) is 6.92 Å². The fourth-order valence-electron chi connectivity index (χ4n) is 1.27. The molecule has 0 unspecified atom stereocenters. The Labute approximate surface area is 90.1 Å². The monoisotopic (exact) mass is 213 g/mol. The molecule has 0 amide bonds. The zero-order valence-corrected chi connectivity index (χ0v) is 9.77. The molecule has 2 atom stereocenters. The number of hydrogen-bond acceptors (Lipinski definition) is 5. The van der Waals surface area contributed by atoms with Gasteiger partial charge in [-0.2, -0.15) is 4.98 Å². The van der Waals surface area contributed by atoms with Crippen LogP contribution in [0.2, 0.25) is 0 Å². The van der Waals surface area contributed by atoms with Crippen LogP contribution >= 0.6 is 0 Å². The molecule has 0 aromatic carbocycles. The van der Waals surface area contributed by atoms with Crippen molar-refractivity contribution in [3.63, 3.8) is 0 Å². The Morgan fingerprint density at radius 2 is 2.13 bits per heavy atom. The molecule has 1 N–H and O–H groups in total. The maximum absolute atomic E-state index is 9.18. The van der Waals surface area contributed by atoms with Gasteiger partial charge in [0.2, 0.25) is 5.89 Å². The molecule has 0 saturated heterocycles. The Morgan fingerprint density at radius 3 is 2.60 bits per heavy atom. The SMILES string of the molecule is Cc1nc([C@@H](C)N(C)CC[C@H](C)O)no1. The Balaban J connectivity index is 2.49. The average Bonchev–Trinajstić information content (AvgIpc) is 2.60. The summed E-state index contributed by atoms with van der Waals surface area (Å²) >= 11 is 0. The van der Waals surface area contributed by atoms with Crippen LogP contribution in [0.4, 0.5) is 0 Å². The van der Waals surface area contributed by atoms with E-state index in [0.717, 1.165) is 13.0 Å². The number of rotatable bonds is 5. The first kappa shape index (κ1) is 12.1. The molecule has 0 aliphatic heterocycles. The summed E-state index contributed by atoms with van der Waals surface area (Å²) in [6.07, 6.45) is 0.476. The molecular formula is C10H19N3O2. The second-order valence-electron chi connectivity index (χ2n) is 3.97. The van der Waals surface area contributed by atoms with Gasteiger partial charge in [-0.25, -0.2) is 0 Å². The van der Waals surface area contributed by atoms with Gasteiger partial charge in [0, 0.05) is 13.5 Å². The number of aromatic nitrogens is 2. The zero-order valence-electron chi connectivity index (χ0n) is 9.77. The van der Waals surface area contributed by atoms with Crippen LogP contribution in [0.5, 0.6) is 0 Å². The summed E-state index contributed by atoms with van der Waals surface area (Å²) in [7, 11) is 1.98. The van der Waals surface area contributed by atoms with Gasteiger partial charge >= 0.3 is 0 Å². The molecule has 86 valence electrons. The van der Waals surface area contributed by atoms with Crippen molar-refractivity contribution in [1.82, 2.24) is 15.0 Å². The maximum atomic E-state index is 9.18. The average molecular weight is 213 g/mol. The van der Waals surface area contributed by atoms with Gasteiger partial charge in [0.15, 0.2) is 5.82 Å². The second kappa shape index (κ2) is 5.23. The van der Waals surface area contributed by atoms with E-state index in [1.165, 1.54) is 0 Å². The Kier molecular flexibility index (Phi) is 4.23. The van der Waals surface area contributed by atoms with Crippen LogP contribution in [0.3, 0.4) is 0 Å². The molecule has 5 heteroatoms. The molecule has 0 fully saturated rings. The summed E-state index contributed by atoms with van der Waals surface area (Å²) < 4.78 is 4.92. The minimum atomic E-state index is -0.272. The molecule has 0 radical (unpaired) electrons. The van der Waals surface area contributed by atoms with Gasteiger partial charge in [0.05, 0.1) is 12.1 Å². The lowest BCUT2D eigenvalue weighted by Gasteiger charge is -2.22. The quantitative estimate of drug-likeness (QED) is 0.794. The summed E-state index contributed by atoms with van der Waals surface area (Å²) in [4.78, 5) is 6.27. The van der Waals surface area contributed by atoms with Gasteiger partial charge in [0.25, 0.3) is 0 Å². The highest BCUT2D eigenvalue weighted by atomic mass is 16.5. The normalized spacial score (nSPS) is 15.6. The van der Waals surface area contributed by atoms with Gasteiger partial charge in [-0.3, -0.25) is 4.90 Å². The van der Waals surface area contributed by atoms with Crippen molar-refractivity contribution in [3.8, 4) is 0 Å². The number of aryl methyl sites for hydroxylation is 1. The molecular weight excluding hydrogens is 194 g/mol. The number of aliphatic hydroxyl groups excluding tert-OH is 1. The van der Waals surface area contributed by atoms with E-state index in [1.807, 2.05) is 14.0 Å². The molecule has 0 aliphatic carbocycles. The molecule has 1 aromatic heterocycles. The lowest BCUT2D eigenvalue weighted by atomic mass is 10.2. The summed E-state index contributed by atoms with van der Waals surface area (Å²) in [5, 5.41) is 13.1. The van der Waals surface area contributed by atoms with E-state index in [0.29, 0.717) is 11.7 Å². The summed E-state index contributed by atoms with van der Waals surface area (Å²) in [5.41, 5.74) is 0. The standard InChI is InChI=1S/C10H19N3O2/c1-7(14)5-6-13(4)8(2)10-11-9(3)15-12-10/h7-8,14H,5-6H2,1-4H3/t7-,8+/m0/s1. The van der Waals surface area contributed by atoms with Gasteiger partial charge in [-0.1, -0.05) is 5.16 Å². The van der Waals surface area contributed by atoms with E-state index in [-0.39, 0.29) is 12.1 Å². The van der Waals surface area contributed by atoms with Crippen LogP contribution in [0.25, 0.3) is 0 Å². The van der Waals surface area contributed by atoms with Crippen molar-refractivity contribution in [2.45, 2.75) is 39.3 Å². The Hall–Kier alpha value is -0.940. The number of hydrogen-bond donors (Lipinski definition) is 1. The Morgan fingerprint density at radius 1 is 1.47 bits per heavy atom. The largest absolute Gasteiger partial charge is 0.393 e. The van der Waals surface area contributed by atoms with Crippen LogP contribution in [0.1, 0.15) is 38.0 Å². The fraction of sp³-hybridized carbons (Fsp3) is 0.800. The lowest BCUT2D eigenvalue weighted by molar-refractivity contribution is 0.150. The van der Waals surface area contributed by atoms with Crippen molar-refractivity contribution in [2.75, 3.05) is 13.6 Å². The van der Waals surface area contributed by atoms with Gasteiger partial charge in [-0.05, 0) is 27.3 Å². The third kappa shape index (κ3) is 3.60. The summed E-state index contributed by atoms with van der Waals surface area (Å²) in [6.45, 7) is 6.40.